The molecule has 0 heterocycles. The highest BCUT2D eigenvalue weighted by molar-refractivity contribution is 7.99. The summed E-state index contributed by atoms with van der Waals surface area (Å²) >= 11 is 1.89. The number of methoxy groups -OCH3 is 2. The van der Waals surface area contributed by atoms with Crippen LogP contribution in [0, 0.1) is 0 Å². The second kappa shape index (κ2) is 7.24. The van der Waals surface area contributed by atoms with Gasteiger partial charge in [-0.25, -0.2) is 0 Å². The first-order valence-electron chi connectivity index (χ1n) is 6.06. The fourth-order valence-electron chi connectivity index (χ4n) is 2.37. The number of hydrogen-bond acceptors (Lipinski definition) is 5. The second-order valence-corrected chi connectivity index (χ2v) is 5.81. The molecule has 17 heavy (non-hydrogen) atoms. The van der Waals surface area contributed by atoms with Gasteiger partial charge < -0.3 is 14.8 Å². The maximum atomic E-state index is 11.9. The number of hydrogen-bond donors (Lipinski definition) is 1. The maximum absolute atomic E-state index is 11.9. The van der Waals surface area contributed by atoms with E-state index in [0.29, 0.717) is 5.25 Å². The zero-order chi connectivity index (χ0) is 12.7. The molecule has 2 unspecified atom stereocenters. The minimum Gasteiger partial charge on any atom is -0.468 e. The van der Waals surface area contributed by atoms with Crippen LogP contribution in [0.2, 0.25) is 0 Å². The van der Waals surface area contributed by atoms with Crippen LogP contribution in [0.1, 0.15) is 25.7 Å². The normalized spacial score (nSPS) is 29.0. The Morgan fingerprint density at radius 1 is 1.53 bits per heavy atom. The smallest absolute Gasteiger partial charge is 0.326 e. The zero-order valence-electron chi connectivity index (χ0n) is 11.0. The van der Waals surface area contributed by atoms with Crippen LogP contribution in [-0.2, 0) is 14.3 Å². The van der Waals surface area contributed by atoms with Crippen molar-refractivity contribution in [1.82, 2.24) is 5.32 Å². The SMILES string of the molecule is CNC1(C(=O)OC)CCCC(SCCOC)C1. The third-order valence-electron chi connectivity index (χ3n) is 3.40. The molecule has 0 aromatic rings. The topological polar surface area (TPSA) is 47.6 Å². The molecule has 1 N–H and O–H groups in total. The molecule has 1 aliphatic rings. The Labute approximate surface area is 108 Å². The van der Waals surface area contributed by atoms with Crippen molar-refractivity contribution in [3.63, 3.8) is 0 Å². The standard InChI is InChI=1S/C12H23NO3S/c1-13-12(11(14)16-3)6-4-5-10(9-12)17-8-7-15-2/h10,13H,4-9H2,1-3H3. The van der Waals surface area contributed by atoms with Crippen LogP contribution >= 0.6 is 11.8 Å². The lowest BCUT2D eigenvalue weighted by atomic mass is 9.81. The highest BCUT2D eigenvalue weighted by atomic mass is 32.2. The summed E-state index contributed by atoms with van der Waals surface area (Å²) in [7, 11) is 5.02. The van der Waals surface area contributed by atoms with Crippen molar-refractivity contribution >= 4 is 17.7 Å². The summed E-state index contributed by atoms with van der Waals surface area (Å²) in [5.74, 6) is 0.860. The summed E-state index contributed by atoms with van der Waals surface area (Å²) in [6.07, 6.45) is 3.97. The van der Waals surface area contributed by atoms with Crippen molar-refractivity contribution in [1.29, 1.82) is 0 Å². The van der Waals surface area contributed by atoms with Gasteiger partial charge in [0.05, 0.1) is 13.7 Å². The highest BCUT2D eigenvalue weighted by Crippen LogP contribution is 2.35. The fraction of sp³-hybridized carbons (Fsp3) is 0.917. The van der Waals surface area contributed by atoms with E-state index in [4.69, 9.17) is 9.47 Å². The monoisotopic (exact) mass is 261 g/mol. The first-order chi connectivity index (χ1) is 8.18. The lowest BCUT2D eigenvalue weighted by Crippen LogP contribution is -2.54. The molecule has 0 radical (unpaired) electrons. The molecule has 0 amide bonds. The maximum Gasteiger partial charge on any atom is 0.326 e. The van der Waals surface area contributed by atoms with E-state index in [0.717, 1.165) is 31.6 Å². The van der Waals surface area contributed by atoms with E-state index in [-0.39, 0.29) is 5.97 Å². The lowest BCUT2D eigenvalue weighted by molar-refractivity contribution is -0.149. The first kappa shape index (κ1) is 14.8. The predicted molar refractivity (Wildman–Crippen MR) is 70.4 cm³/mol. The van der Waals surface area contributed by atoms with E-state index in [1.165, 1.54) is 13.5 Å². The molecule has 5 heteroatoms. The summed E-state index contributed by atoms with van der Waals surface area (Å²) in [6.45, 7) is 0.770. The van der Waals surface area contributed by atoms with Gasteiger partial charge >= 0.3 is 5.97 Å². The number of rotatable bonds is 6. The minimum atomic E-state index is -0.474. The summed E-state index contributed by atoms with van der Waals surface area (Å²) in [4.78, 5) is 11.9. The van der Waals surface area contributed by atoms with Crippen LogP contribution in [0.3, 0.4) is 0 Å². The van der Waals surface area contributed by atoms with E-state index >= 15 is 0 Å². The van der Waals surface area contributed by atoms with E-state index < -0.39 is 5.54 Å². The van der Waals surface area contributed by atoms with Crippen LogP contribution in [-0.4, -0.2) is 50.4 Å². The Bertz CT molecular complexity index is 250. The molecule has 2 atom stereocenters. The molecule has 0 aliphatic heterocycles. The van der Waals surface area contributed by atoms with E-state index in [1.807, 2.05) is 18.8 Å². The molecule has 100 valence electrons. The first-order valence-corrected chi connectivity index (χ1v) is 7.11. The van der Waals surface area contributed by atoms with Crippen molar-refractivity contribution in [2.45, 2.75) is 36.5 Å². The molecular formula is C12H23NO3S. The number of nitrogens with one attached hydrogen (secondary N) is 1. The molecule has 4 nitrogen and oxygen atoms in total. The molecule has 0 saturated heterocycles. The molecule has 1 saturated carbocycles. The van der Waals surface area contributed by atoms with Gasteiger partial charge in [0.15, 0.2) is 0 Å². The van der Waals surface area contributed by atoms with Gasteiger partial charge in [-0.05, 0) is 32.7 Å². The molecule has 0 aromatic carbocycles. The van der Waals surface area contributed by atoms with E-state index in [1.54, 1.807) is 7.11 Å². The predicted octanol–water partition coefficient (Wildman–Crippen LogP) is 1.44. The Kier molecular flexibility index (Phi) is 6.30. The zero-order valence-corrected chi connectivity index (χ0v) is 11.8. The number of ether oxygens (including phenoxy) is 2. The van der Waals surface area contributed by atoms with Crippen molar-refractivity contribution in [3.8, 4) is 0 Å². The average Bonchev–Trinajstić information content (AvgIpc) is 2.38. The third-order valence-corrected chi connectivity index (χ3v) is 4.68. The van der Waals surface area contributed by atoms with Gasteiger partial charge in [0.2, 0.25) is 0 Å². The largest absolute Gasteiger partial charge is 0.468 e. The summed E-state index contributed by atoms with van der Waals surface area (Å²) in [6, 6.07) is 0. The molecular weight excluding hydrogens is 238 g/mol. The van der Waals surface area contributed by atoms with Crippen molar-refractivity contribution in [3.05, 3.63) is 0 Å². The van der Waals surface area contributed by atoms with Crippen LogP contribution in [0.5, 0.6) is 0 Å². The Morgan fingerprint density at radius 3 is 2.88 bits per heavy atom. The van der Waals surface area contributed by atoms with E-state index in [9.17, 15) is 4.79 Å². The number of esters is 1. The Hall–Kier alpha value is -0.260. The Balaban J connectivity index is 2.53. The third kappa shape index (κ3) is 3.86. The van der Waals surface area contributed by atoms with Crippen LogP contribution in [0.15, 0.2) is 0 Å². The van der Waals surface area contributed by atoms with Gasteiger partial charge in [-0.15, -0.1) is 0 Å². The van der Waals surface area contributed by atoms with Gasteiger partial charge in [-0.2, -0.15) is 11.8 Å². The van der Waals surface area contributed by atoms with Crippen molar-refractivity contribution < 1.29 is 14.3 Å². The van der Waals surface area contributed by atoms with Crippen LogP contribution in [0.4, 0.5) is 0 Å². The molecule has 1 rings (SSSR count). The van der Waals surface area contributed by atoms with Crippen LogP contribution < -0.4 is 5.32 Å². The van der Waals surface area contributed by atoms with Gasteiger partial charge in [0, 0.05) is 18.1 Å². The summed E-state index contributed by atoms with van der Waals surface area (Å²) in [5.41, 5.74) is -0.474. The van der Waals surface area contributed by atoms with Gasteiger partial charge in [-0.1, -0.05) is 0 Å². The van der Waals surface area contributed by atoms with Crippen molar-refractivity contribution in [2.24, 2.45) is 0 Å². The molecule has 0 bridgehead atoms. The number of carbonyl (C=O) groups is 1. The van der Waals surface area contributed by atoms with Crippen molar-refractivity contribution in [2.75, 3.05) is 33.6 Å². The van der Waals surface area contributed by atoms with Gasteiger partial charge in [-0.3, -0.25) is 4.79 Å². The fourth-order valence-corrected chi connectivity index (χ4v) is 3.71. The molecule has 1 fully saturated rings. The average molecular weight is 261 g/mol. The second-order valence-electron chi connectivity index (χ2n) is 4.41. The van der Waals surface area contributed by atoms with Gasteiger partial charge in [0.25, 0.3) is 0 Å². The van der Waals surface area contributed by atoms with Crippen LogP contribution in [0.25, 0.3) is 0 Å². The number of carbonyl (C=O) groups excluding carboxylic acids is 1. The molecule has 0 aromatic heterocycles. The summed E-state index contributed by atoms with van der Waals surface area (Å²) in [5, 5.41) is 3.69. The number of thioether (sulfide) groups is 1. The lowest BCUT2D eigenvalue weighted by Gasteiger charge is -2.38. The van der Waals surface area contributed by atoms with E-state index in [2.05, 4.69) is 5.32 Å². The Morgan fingerprint density at radius 2 is 2.29 bits per heavy atom. The highest BCUT2D eigenvalue weighted by Gasteiger charge is 2.42. The van der Waals surface area contributed by atoms with Gasteiger partial charge in [0.1, 0.15) is 5.54 Å². The summed E-state index contributed by atoms with van der Waals surface area (Å²) < 4.78 is 9.97. The quantitative estimate of drug-likeness (QED) is 0.579. The number of likely N-dealkylation sites (N-methyl/N-ethyl adjacent to an activating group) is 1. The minimum absolute atomic E-state index is 0.128. The molecule has 0 spiro atoms. The molecule has 1 aliphatic carbocycles.